The highest BCUT2D eigenvalue weighted by Crippen LogP contribution is 2.49. The standard InChI is InChI=1S/C17H25N3O2/c1-3-8-20-16(21)7-6-15(19-20)17(22)18-11(2)14-10-12-4-5-13(14)9-12/h6-7,11-14H,3-5,8-10H2,1-2H3,(H,18,22)/t11-,12+,13+,14-/m0/s1. The molecule has 2 aliphatic rings. The van der Waals surface area contributed by atoms with Gasteiger partial charge in [0.15, 0.2) is 0 Å². The van der Waals surface area contributed by atoms with E-state index in [1.54, 1.807) is 0 Å². The van der Waals surface area contributed by atoms with Crippen LogP contribution in [0.5, 0.6) is 0 Å². The number of amides is 1. The predicted molar refractivity (Wildman–Crippen MR) is 84.7 cm³/mol. The molecule has 2 fully saturated rings. The Bertz CT molecular complexity index is 610. The SMILES string of the molecule is CCCn1nc(C(=O)N[C@@H](C)[C@@H]2C[C@@H]3CC[C@@H]2C3)ccc1=O. The fourth-order valence-corrected chi connectivity index (χ4v) is 4.24. The van der Waals surface area contributed by atoms with Gasteiger partial charge in [0.25, 0.3) is 11.5 Å². The van der Waals surface area contributed by atoms with E-state index >= 15 is 0 Å². The molecular weight excluding hydrogens is 278 g/mol. The number of aryl methyl sites for hydroxylation is 1. The van der Waals surface area contributed by atoms with E-state index in [0.29, 0.717) is 18.2 Å². The smallest absolute Gasteiger partial charge is 0.271 e. The average molecular weight is 303 g/mol. The molecule has 120 valence electrons. The number of fused-ring (bicyclic) bond motifs is 2. The molecule has 0 aromatic carbocycles. The van der Waals surface area contributed by atoms with Gasteiger partial charge in [-0.1, -0.05) is 13.3 Å². The number of hydrogen-bond donors (Lipinski definition) is 1. The van der Waals surface area contributed by atoms with Crippen LogP contribution in [0.3, 0.4) is 0 Å². The molecule has 1 aromatic rings. The molecule has 1 heterocycles. The lowest BCUT2D eigenvalue weighted by molar-refractivity contribution is 0.0907. The molecule has 2 saturated carbocycles. The van der Waals surface area contributed by atoms with E-state index in [4.69, 9.17) is 0 Å². The summed E-state index contributed by atoms with van der Waals surface area (Å²) in [5.41, 5.74) is 0.183. The van der Waals surface area contributed by atoms with Crippen molar-refractivity contribution in [3.8, 4) is 0 Å². The molecule has 2 aliphatic carbocycles. The third kappa shape index (κ3) is 2.94. The van der Waals surface area contributed by atoms with Crippen LogP contribution in [0.1, 0.15) is 56.4 Å². The lowest BCUT2D eigenvalue weighted by Gasteiger charge is -2.28. The second-order valence-electron chi connectivity index (χ2n) is 6.88. The van der Waals surface area contributed by atoms with E-state index in [1.807, 2.05) is 6.92 Å². The Balaban J connectivity index is 1.66. The van der Waals surface area contributed by atoms with Crippen LogP contribution in [0.4, 0.5) is 0 Å². The summed E-state index contributed by atoms with van der Waals surface area (Å²) in [6.45, 7) is 4.63. The maximum Gasteiger partial charge on any atom is 0.271 e. The van der Waals surface area contributed by atoms with Crippen molar-refractivity contribution in [1.29, 1.82) is 0 Å². The average Bonchev–Trinajstić information content (AvgIpc) is 3.12. The number of rotatable bonds is 5. The van der Waals surface area contributed by atoms with Crippen LogP contribution in [0.25, 0.3) is 0 Å². The van der Waals surface area contributed by atoms with E-state index in [2.05, 4.69) is 17.3 Å². The number of carbonyl (C=O) groups excluding carboxylic acids is 1. The van der Waals surface area contributed by atoms with Crippen LogP contribution in [0, 0.1) is 17.8 Å². The van der Waals surface area contributed by atoms with Gasteiger partial charge in [-0.05, 0) is 56.4 Å². The van der Waals surface area contributed by atoms with Crippen molar-refractivity contribution in [1.82, 2.24) is 15.1 Å². The Kier molecular flexibility index (Phi) is 4.32. The first-order valence-electron chi connectivity index (χ1n) is 8.47. The van der Waals surface area contributed by atoms with Gasteiger partial charge in [-0.2, -0.15) is 5.10 Å². The molecule has 22 heavy (non-hydrogen) atoms. The third-order valence-electron chi connectivity index (χ3n) is 5.33. The van der Waals surface area contributed by atoms with E-state index < -0.39 is 0 Å². The van der Waals surface area contributed by atoms with E-state index in [-0.39, 0.29) is 17.5 Å². The normalized spacial score (nSPS) is 27.8. The lowest BCUT2D eigenvalue weighted by Crippen LogP contribution is -2.41. The molecule has 1 aromatic heterocycles. The Morgan fingerprint density at radius 1 is 1.41 bits per heavy atom. The van der Waals surface area contributed by atoms with Crippen molar-refractivity contribution < 1.29 is 4.79 Å². The zero-order chi connectivity index (χ0) is 15.7. The van der Waals surface area contributed by atoms with Gasteiger partial charge in [-0.25, -0.2) is 4.68 Å². The summed E-state index contributed by atoms with van der Waals surface area (Å²) in [7, 11) is 0. The minimum absolute atomic E-state index is 0.153. The van der Waals surface area contributed by atoms with Crippen LogP contribution in [-0.2, 0) is 6.54 Å². The minimum atomic E-state index is -0.167. The van der Waals surface area contributed by atoms with Crippen LogP contribution in [0.2, 0.25) is 0 Å². The Hall–Kier alpha value is -1.65. The fraction of sp³-hybridized carbons (Fsp3) is 0.706. The summed E-state index contributed by atoms with van der Waals surface area (Å²) in [4.78, 5) is 24.1. The summed E-state index contributed by atoms with van der Waals surface area (Å²) in [5.74, 6) is 2.09. The quantitative estimate of drug-likeness (QED) is 0.907. The summed E-state index contributed by atoms with van der Waals surface area (Å²) in [6.07, 6.45) is 6.08. The van der Waals surface area contributed by atoms with Crippen LogP contribution in [-0.4, -0.2) is 21.7 Å². The maximum atomic E-state index is 12.4. The first-order chi connectivity index (χ1) is 10.6. The first-order valence-corrected chi connectivity index (χ1v) is 8.47. The Labute approximate surface area is 131 Å². The molecule has 1 N–H and O–H groups in total. The number of carbonyl (C=O) groups is 1. The van der Waals surface area contributed by atoms with Crippen molar-refractivity contribution in [2.45, 2.75) is 58.5 Å². The second kappa shape index (κ2) is 6.23. The Morgan fingerprint density at radius 2 is 2.23 bits per heavy atom. The van der Waals surface area contributed by atoms with Crippen molar-refractivity contribution in [2.75, 3.05) is 0 Å². The molecule has 2 bridgehead atoms. The number of hydrogen-bond acceptors (Lipinski definition) is 3. The highest BCUT2D eigenvalue weighted by atomic mass is 16.2. The molecule has 3 rings (SSSR count). The lowest BCUT2D eigenvalue weighted by atomic mass is 9.84. The number of aromatic nitrogens is 2. The van der Waals surface area contributed by atoms with Crippen molar-refractivity contribution in [3.63, 3.8) is 0 Å². The second-order valence-corrected chi connectivity index (χ2v) is 6.88. The van der Waals surface area contributed by atoms with E-state index in [0.717, 1.165) is 18.3 Å². The van der Waals surface area contributed by atoms with Gasteiger partial charge in [0.05, 0.1) is 0 Å². The number of nitrogens with one attached hydrogen (secondary N) is 1. The van der Waals surface area contributed by atoms with Crippen LogP contribution in [0.15, 0.2) is 16.9 Å². The topological polar surface area (TPSA) is 64.0 Å². The molecule has 0 saturated heterocycles. The largest absolute Gasteiger partial charge is 0.348 e. The minimum Gasteiger partial charge on any atom is -0.348 e. The van der Waals surface area contributed by atoms with Gasteiger partial charge in [0.2, 0.25) is 0 Å². The summed E-state index contributed by atoms with van der Waals surface area (Å²) < 4.78 is 1.37. The Morgan fingerprint density at radius 3 is 2.86 bits per heavy atom. The van der Waals surface area contributed by atoms with Crippen molar-refractivity contribution in [2.24, 2.45) is 17.8 Å². The first kappa shape index (κ1) is 15.3. The monoisotopic (exact) mass is 303 g/mol. The molecule has 0 spiro atoms. The summed E-state index contributed by atoms with van der Waals surface area (Å²) in [5, 5.41) is 7.28. The molecule has 5 nitrogen and oxygen atoms in total. The molecule has 4 atom stereocenters. The summed E-state index contributed by atoms with van der Waals surface area (Å²) in [6, 6.07) is 3.13. The molecule has 0 radical (unpaired) electrons. The van der Waals surface area contributed by atoms with Gasteiger partial charge in [-0.15, -0.1) is 0 Å². The van der Waals surface area contributed by atoms with Gasteiger partial charge >= 0.3 is 0 Å². The maximum absolute atomic E-state index is 12.4. The van der Waals surface area contributed by atoms with Gasteiger partial charge in [0, 0.05) is 18.7 Å². The highest BCUT2D eigenvalue weighted by molar-refractivity contribution is 5.92. The molecule has 0 aliphatic heterocycles. The van der Waals surface area contributed by atoms with Gasteiger partial charge in [-0.3, -0.25) is 9.59 Å². The number of nitrogens with zero attached hydrogens (tertiary/aromatic N) is 2. The van der Waals surface area contributed by atoms with Gasteiger partial charge in [0.1, 0.15) is 5.69 Å². The van der Waals surface area contributed by atoms with Crippen LogP contribution < -0.4 is 10.9 Å². The fourth-order valence-electron chi connectivity index (χ4n) is 4.24. The molecule has 0 unspecified atom stereocenters. The van der Waals surface area contributed by atoms with E-state index in [1.165, 1.54) is 42.5 Å². The zero-order valence-corrected chi connectivity index (χ0v) is 13.4. The van der Waals surface area contributed by atoms with Crippen molar-refractivity contribution >= 4 is 5.91 Å². The molecule has 5 heteroatoms. The van der Waals surface area contributed by atoms with Crippen molar-refractivity contribution in [3.05, 3.63) is 28.2 Å². The van der Waals surface area contributed by atoms with Gasteiger partial charge < -0.3 is 5.32 Å². The molecule has 1 amide bonds. The third-order valence-corrected chi connectivity index (χ3v) is 5.33. The predicted octanol–water partition coefficient (Wildman–Crippen LogP) is 2.21. The summed E-state index contributed by atoms with van der Waals surface area (Å²) >= 11 is 0. The highest BCUT2D eigenvalue weighted by Gasteiger charge is 2.42. The van der Waals surface area contributed by atoms with E-state index in [9.17, 15) is 9.59 Å². The van der Waals surface area contributed by atoms with Crippen LogP contribution >= 0.6 is 0 Å². The molecular formula is C17H25N3O2. The zero-order valence-electron chi connectivity index (χ0n) is 13.4.